The van der Waals surface area contributed by atoms with Crippen molar-refractivity contribution in [2.24, 2.45) is 0 Å². The summed E-state index contributed by atoms with van der Waals surface area (Å²) in [5, 5.41) is 0. The summed E-state index contributed by atoms with van der Waals surface area (Å²) in [4.78, 5) is 10.9. The van der Waals surface area contributed by atoms with Gasteiger partial charge in [0.15, 0.2) is 5.78 Å². The van der Waals surface area contributed by atoms with Crippen molar-refractivity contribution in [2.45, 2.75) is 52.2 Å². The number of rotatable bonds is 4. The number of hydrogen-bond donors (Lipinski definition) is 0. The van der Waals surface area contributed by atoms with Gasteiger partial charge in [-0.2, -0.15) is 0 Å². The normalized spacial score (nSPS) is 20.1. The Morgan fingerprint density at radius 2 is 1.62 bits per heavy atom. The molecule has 1 fully saturated rings. The van der Waals surface area contributed by atoms with Crippen LogP contribution in [0.4, 0.5) is 0 Å². The average molecular weight is 286 g/mol. The lowest BCUT2D eigenvalue weighted by Crippen LogP contribution is -2.41. The second kappa shape index (κ2) is 5.78. The topological polar surface area (TPSA) is 35.5 Å². The molecule has 0 aliphatic carbocycles. The van der Waals surface area contributed by atoms with Crippen LogP contribution < -0.4 is 5.46 Å². The molecular formula is C17H23BO3. The SMILES string of the molecule is CC(=O)/C=C/Cc1ccc(B2OC(C)(C)C(C)(C)O2)cc1. The maximum atomic E-state index is 10.9. The number of carbonyl (C=O) groups excluding carboxylic acids is 1. The molecule has 112 valence electrons. The van der Waals surface area contributed by atoms with Crippen molar-refractivity contribution in [3.05, 3.63) is 42.0 Å². The predicted molar refractivity (Wildman–Crippen MR) is 85.7 cm³/mol. The van der Waals surface area contributed by atoms with Gasteiger partial charge in [-0.15, -0.1) is 0 Å². The van der Waals surface area contributed by atoms with Crippen molar-refractivity contribution >= 4 is 18.4 Å². The van der Waals surface area contributed by atoms with E-state index in [0.29, 0.717) is 0 Å². The van der Waals surface area contributed by atoms with Gasteiger partial charge in [0.05, 0.1) is 11.2 Å². The van der Waals surface area contributed by atoms with Crippen LogP contribution in [-0.2, 0) is 20.5 Å². The van der Waals surface area contributed by atoms with Gasteiger partial charge in [-0.25, -0.2) is 0 Å². The zero-order chi connectivity index (χ0) is 15.7. The number of ketones is 1. The lowest BCUT2D eigenvalue weighted by Gasteiger charge is -2.32. The predicted octanol–water partition coefficient (Wildman–Crippen LogP) is 2.67. The average Bonchev–Trinajstić information content (AvgIpc) is 2.59. The second-order valence-corrected chi connectivity index (χ2v) is 6.55. The Hall–Kier alpha value is -1.39. The maximum Gasteiger partial charge on any atom is 0.494 e. The lowest BCUT2D eigenvalue weighted by molar-refractivity contribution is -0.112. The zero-order valence-corrected chi connectivity index (χ0v) is 13.5. The Balaban J connectivity index is 2.05. The van der Waals surface area contributed by atoms with Gasteiger partial charge in [0, 0.05) is 0 Å². The summed E-state index contributed by atoms with van der Waals surface area (Å²) in [7, 11) is -0.322. The lowest BCUT2D eigenvalue weighted by atomic mass is 9.79. The second-order valence-electron chi connectivity index (χ2n) is 6.55. The third-order valence-electron chi connectivity index (χ3n) is 4.21. The molecule has 0 bridgehead atoms. The molecule has 1 aromatic rings. The van der Waals surface area contributed by atoms with Crippen LogP contribution >= 0.6 is 0 Å². The third kappa shape index (κ3) is 3.63. The van der Waals surface area contributed by atoms with Crippen LogP contribution in [0.15, 0.2) is 36.4 Å². The fourth-order valence-electron chi connectivity index (χ4n) is 2.15. The highest BCUT2D eigenvalue weighted by Gasteiger charge is 2.51. The third-order valence-corrected chi connectivity index (χ3v) is 4.21. The molecule has 0 amide bonds. The molecule has 0 radical (unpaired) electrons. The molecule has 3 nitrogen and oxygen atoms in total. The van der Waals surface area contributed by atoms with Crippen LogP contribution in [-0.4, -0.2) is 24.1 Å². The molecule has 1 heterocycles. The molecule has 1 aliphatic heterocycles. The van der Waals surface area contributed by atoms with Crippen LogP contribution in [0.3, 0.4) is 0 Å². The van der Waals surface area contributed by atoms with Crippen molar-refractivity contribution in [1.82, 2.24) is 0 Å². The monoisotopic (exact) mass is 286 g/mol. The summed E-state index contributed by atoms with van der Waals surface area (Å²) >= 11 is 0. The first kappa shape index (κ1) is 16.0. The molecule has 21 heavy (non-hydrogen) atoms. The fourth-order valence-corrected chi connectivity index (χ4v) is 2.15. The van der Waals surface area contributed by atoms with Crippen LogP contribution in [0, 0.1) is 0 Å². The number of allylic oxidation sites excluding steroid dienone is 2. The molecule has 0 N–H and O–H groups in total. The van der Waals surface area contributed by atoms with Crippen molar-refractivity contribution in [3.8, 4) is 0 Å². The first-order valence-corrected chi connectivity index (χ1v) is 7.33. The molecule has 0 unspecified atom stereocenters. The van der Waals surface area contributed by atoms with Crippen molar-refractivity contribution in [2.75, 3.05) is 0 Å². The largest absolute Gasteiger partial charge is 0.494 e. The Bertz CT molecular complexity index is 528. The van der Waals surface area contributed by atoms with Gasteiger partial charge < -0.3 is 9.31 Å². The highest BCUT2D eigenvalue weighted by Crippen LogP contribution is 2.36. The quantitative estimate of drug-likeness (QED) is 0.630. The Labute approximate surface area is 127 Å². The van der Waals surface area contributed by atoms with E-state index in [2.05, 4.69) is 0 Å². The molecule has 0 aromatic heterocycles. The standard InChI is InChI=1S/C17H23BO3/c1-13(19)7-6-8-14-9-11-15(12-10-14)18-20-16(2,3)17(4,5)21-18/h6-7,9-12H,8H2,1-5H3/b7-6+. The van der Waals surface area contributed by atoms with Crippen molar-refractivity contribution in [1.29, 1.82) is 0 Å². The highest BCUT2D eigenvalue weighted by atomic mass is 16.7. The van der Waals surface area contributed by atoms with Crippen LogP contribution in [0.5, 0.6) is 0 Å². The molecular weight excluding hydrogens is 263 g/mol. The minimum atomic E-state index is -0.322. The first-order chi connectivity index (χ1) is 9.71. The molecule has 2 rings (SSSR count). The van der Waals surface area contributed by atoms with Gasteiger partial charge in [0.25, 0.3) is 0 Å². The van der Waals surface area contributed by atoms with E-state index in [0.717, 1.165) is 17.4 Å². The molecule has 0 spiro atoms. The highest BCUT2D eigenvalue weighted by molar-refractivity contribution is 6.62. The molecule has 1 aromatic carbocycles. The van der Waals surface area contributed by atoms with Gasteiger partial charge >= 0.3 is 7.12 Å². The van der Waals surface area contributed by atoms with E-state index in [1.165, 1.54) is 0 Å². The number of carbonyl (C=O) groups is 1. The first-order valence-electron chi connectivity index (χ1n) is 7.33. The summed E-state index contributed by atoms with van der Waals surface area (Å²) < 4.78 is 12.0. The van der Waals surface area contributed by atoms with E-state index in [1.54, 1.807) is 13.0 Å². The van der Waals surface area contributed by atoms with Gasteiger partial charge in [0.2, 0.25) is 0 Å². The van der Waals surface area contributed by atoms with E-state index < -0.39 is 0 Å². The molecule has 0 atom stereocenters. The minimum absolute atomic E-state index is 0.0730. The number of hydrogen-bond acceptors (Lipinski definition) is 3. The Kier molecular flexibility index (Phi) is 4.40. The zero-order valence-electron chi connectivity index (χ0n) is 13.5. The maximum absolute atomic E-state index is 10.9. The van der Waals surface area contributed by atoms with E-state index >= 15 is 0 Å². The van der Waals surface area contributed by atoms with Gasteiger partial charge in [-0.1, -0.05) is 30.3 Å². The molecule has 1 saturated heterocycles. The molecule has 0 saturated carbocycles. The van der Waals surface area contributed by atoms with Gasteiger partial charge in [-0.3, -0.25) is 4.79 Å². The van der Waals surface area contributed by atoms with E-state index in [1.807, 2.05) is 58.0 Å². The van der Waals surface area contributed by atoms with Gasteiger partial charge in [0.1, 0.15) is 0 Å². The summed E-state index contributed by atoms with van der Waals surface area (Å²) in [5.41, 5.74) is 1.54. The van der Waals surface area contributed by atoms with Crippen LogP contribution in [0.25, 0.3) is 0 Å². The number of benzene rings is 1. The van der Waals surface area contributed by atoms with E-state index in [9.17, 15) is 4.79 Å². The van der Waals surface area contributed by atoms with Crippen LogP contribution in [0.1, 0.15) is 40.2 Å². The summed E-state index contributed by atoms with van der Waals surface area (Å²) in [6.45, 7) is 9.75. The Morgan fingerprint density at radius 1 is 1.10 bits per heavy atom. The fraction of sp³-hybridized carbons (Fsp3) is 0.471. The molecule has 4 heteroatoms. The summed E-state index contributed by atoms with van der Waals surface area (Å²) in [5.74, 6) is 0.0730. The Morgan fingerprint density at radius 3 is 2.10 bits per heavy atom. The molecule has 1 aliphatic rings. The van der Waals surface area contributed by atoms with Crippen LogP contribution in [0.2, 0.25) is 0 Å². The smallest absolute Gasteiger partial charge is 0.399 e. The van der Waals surface area contributed by atoms with Crippen molar-refractivity contribution in [3.63, 3.8) is 0 Å². The van der Waals surface area contributed by atoms with Crippen molar-refractivity contribution < 1.29 is 14.1 Å². The van der Waals surface area contributed by atoms with E-state index in [4.69, 9.17) is 9.31 Å². The van der Waals surface area contributed by atoms with E-state index in [-0.39, 0.29) is 24.1 Å². The van der Waals surface area contributed by atoms with Gasteiger partial charge in [-0.05, 0) is 58.1 Å². The minimum Gasteiger partial charge on any atom is -0.399 e. The summed E-state index contributed by atoms with van der Waals surface area (Å²) in [6, 6.07) is 8.15. The summed E-state index contributed by atoms with van der Waals surface area (Å²) in [6.07, 6.45) is 4.23.